The molecule has 5 nitrogen and oxygen atoms in total. The molecule has 19 heavy (non-hydrogen) atoms. The SMILES string of the molecule is CCC1CN(S(=O)(=O)c2cc(N)ccc2Br)CCO1. The number of nitrogen functional groups attached to an aromatic ring is 1. The van der Waals surface area contributed by atoms with Gasteiger partial charge in [-0.25, -0.2) is 8.42 Å². The second-order valence-corrected chi connectivity index (χ2v) is 7.21. The van der Waals surface area contributed by atoms with Crippen LogP contribution in [-0.4, -0.2) is 38.5 Å². The van der Waals surface area contributed by atoms with Crippen LogP contribution < -0.4 is 5.73 Å². The van der Waals surface area contributed by atoms with Crippen molar-refractivity contribution in [3.05, 3.63) is 22.7 Å². The third-order valence-electron chi connectivity index (χ3n) is 3.13. The van der Waals surface area contributed by atoms with Crippen molar-refractivity contribution < 1.29 is 13.2 Å². The molecule has 0 aromatic heterocycles. The third-order valence-corrected chi connectivity index (χ3v) is 5.99. The van der Waals surface area contributed by atoms with E-state index in [1.54, 1.807) is 12.1 Å². The molecule has 2 rings (SSSR count). The van der Waals surface area contributed by atoms with Gasteiger partial charge in [0.2, 0.25) is 10.0 Å². The average molecular weight is 349 g/mol. The number of morpholine rings is 1. The summed E-state index contributed by atoms with van der Waals surface area (Å²) in [5.74, 6) is 0. The topological polar surface area (TPSA) is 72.6 Å². The molecular weight excluding hydrogens is 332 g/mol. The highest BCUT2D eigenvalue weighted by Gasteiger charge is 2.31. The third kappa shape index (κ3) is 3.10. The van der Waals surface area contributed by atoms with Gasteiger partial charge in [0.25, 0.3) is 0 Å². The Kier molecular flexibility index (Phi) is 4.50. The molecule has 1 heterocycles. The van der Waals surface area contributed by atoms with Crippen LogP contribution in [0.15, 0.2) is 27.6 Å². The summed E-state index contributed by atoms with van der Waals surface area (Å²) >= 11 is 3.27. The Hall–Kier alpha value is -0.630. The molecule has 7 heteroatoms. The Morgan fingerprint density at radius 3 is 2.95 bits per heavy atom. The monoisotopic (exact) mass is 348 g/mol. The molecule has 0 saturated carbocycles. The van der Waals surface area contributed by atoms with Crippen LogP contribution in [-0.2, 0) is 14.8 Å². The van der Waals surface area contributed by atoms with E-state index in [1.165, 1.54) is 10.4 Å². The largest absolute Gasteiger partial charge is 0.399 e. The highest BCUT2D eigenvalue weighted by Crippen LogP contribution is 2.28. The molecule has 2 N–H and O–H groups in total. The molecule has 1 aliphatic rings. The lowest BCUT2D eigenvalue weighted by Gasteiger charge is -2.31. The van der Waals surface area contributed by atoms with E-state index in [2.05, 4.69) is 15.9 Å². The van der Waals surface area contributed by atoms with Crippen molar-refractivity contribution in [3.8, 4) is 0 Å². The van der Waals surface area contributed by atoms with Gasteiger partial charge in [-0.1, -0.05) is 6.92 Å². The van der Waals surface area contributed by atoms with Crippen molar-refractivity contribution >= 4 is 31.6 Å². The fourth-order valence-electron chi connectivity index (χ4n) is 2.01. The van der Waals surface area contributed by atoms with E-state index in [0.29, 0.717) is 29.9 Å². The van der Waals surface area contributed by atoms with Gasteiger partial charge >= 0.3 is 0 Å². The first-order valence-corrected chi connectivity index (χ1v) is 8.35. The van der Waals surface area contributed by atoms with E-state index in [0.717, 1.165) is 6.42 Å². The highest BCUT2D eigenvalue weighted by molar-refractivity contribution is 9.10. The van der Waals surface area contributed by atoms with Crippen molar-refractivity contribution in [1.29, 1.82) is 0 Å². The Labute approximate surface area is 121 Å². The number of rotatable bonds is 3. The fraction of sp³-hybridized carbons (Fsp3) is 0.500. The minimum Gasteiger partial charge on any atom is -0.399 e. The van der Waals surface area contributed by atoms with Crippen LogP contribution >= 0.6 is 15.9 Å². The van der Waals surface area contributed by atoms with Crippen LogP contribution in [0.4, 0.5) is 5.69 Å². The van der Waals surface area contributed by atoms with Gasteiger partial charge < -0.3 is 10.5 Å². The average Bonchev–Trinajstić information content (AvgIpc) is 2.41. The number of benzene rings is 1. The van der Waals surface area contributed by atoms with E-state index in [-0.39, 0.29) is 11.0 Å². The summed E-state index contributed by atoms with van der Waals surface area (Å²) < 4.78 is 32.7. The first kappa shape index (κ1) is 14.8. The lowest BCUT2D eigenvalue weighted by atomic mass is 10.2. The molecule has 1 aliphatic heterocycles. The van der Waals surface area contributed by atoms with E-state index in [1.807, 2.05) is 6.92 Å². The van der Waals surface area contributed by atoms with Gasteiger partial charge in [0.15, 0.2) is 0 Å². The van der Waals surface area contributed by atoms with Crippen LogP contribution in [0.2, 0.25) is 0 Å². The van der Waals surface area contributed by atoms with Gasteiger partial charge in [0.1, 0.15) is 0 Å². The van der Waals surface area contributed by atoms with Gasteiger partial charge in [-0.3, -0.25) is 0 Å². The summed E-state index contributed by atoms with van der Waals surface area (Å²) in [6.45, 7) is 3.18. The zero-order valence-corrected chi connectivity index (χ0v) is 13.1. The number of hydrogen-bond acceptors (Lipinski definition) is 4. The van der Waals surface area contributed by atoms with Crippen LogP contribution in [0.25, 0.3) is 0 Å². The number of nitrogens with zero attached hydrogens (tertiary/aromatic N) is 1. The Morgan fingerprint density at radius 1 is 1.53 bits per heavy atom. The second-order valence-electron chi connectivity index (χ2n) is 4.45. The quantitative estimate of drug-likeness (QED) is 0.845. The predicted molar refractivity (Wildman–Crippen MR) is 77.3 cm³/mol. The summed E-state index contributed by atoms with van der Waals surface area (Å²) in [5.41, 5.74) is 6.11. The van der Waals surface area contributed by atoms with Crippen molar-refractivity contribution in [1.82, 2.24) is 4.31 Å². The number of halogens is 1. The van der Waals surface area contributed by atoms with Crippen molar-refractivity contribution in [3.63, 3.8) is 0 Å². The molecule has 0 amide bonds. The smallest absolute Gasteiger partial charge is 0.244 e. The number of sulfonamides is 1. The molecule has 0 aliphatic carbocycles. The molecule has 1 aromatic carbocycles. The van der Waals surface area contributed by atoms with Crippen molar-refractivity contribution in [2.75, 3.05) is 25.4 Å². The maximum Gasteiger partial charge on any atom is 0.244 e. The number of ether oxygens (including phenoxy) is 1. The van der Waals surface area contributed by atoms with Gasteiger partial charge in [-0.2, -0.15) is 4.31 Å². The molecular formula is C12H17BrN2O3S. The Balaban J connectivity index is 2.34. The van der Waals surface area contributed by atoms with Crippen LogP contribution in [0.3, 0.4) is 0 Å². The first-order chi connectivity index (χ1) is 8.95. The summed E-state index contributed by atoms with van der Waals surface area (Å²) in [6.07, 6.45) is 0.757. The van der Waals surface area contributed by atoms with Gasteiger partial charge in [0, 0.05) is 23.2 Å². The lowest BCUT2D eigenvalue weighted by molar-refractivity contribution is -0.00278. The predicted octanol–water partition coefficient (Wildman–Crippen LogP) is 1.83. The standard InChI is InChI=1S/C12H17BrN2O3S/c1-2-10-8-15(5-6-18-10)19(16,17)12-7-9(14)3-4-11(12)13/h3-4,7,10H,2,5-6,8,14H2,1H3. The lowest BCUT2D eigenvalue weighted by Crippen LogP contribution is -2.45. The van der Waals surface area contributed by atoms with E-state index in [4.69, 9.17) is 10.5 Å². The van der Waals surface area contributed by atoms with Gasteiger partial charge in [-0.15, -0.1) is 0 Å². The van der Waals surface area contributed by atoms with E-state index < -0.39 is 10.0 Å². The van der Waals surface area contributed by atoms with Crippen LogP contribution in [0, 0.1) is 0 Å². The Bertz CT molecular complexity index is 562. The molecule has 0 spiro atoms. The molecule has 1 fully saturated rings. The fourth-order valence-corrected chi connectivity index (χ4v) is 4.43. The summed E-state index contributed by atoms with van der Waals surface area (Å²) in [5, 5.41) is 0. The summed E-state index contributed by atoms with van der Waals surface area (Å²) in [6, 6.07) is 4.80. The van der Waals surface area contributed by atoms with Gasteiger partial charge in [-0.05, 0) is 40.5 Å². The van der Waals surface area contributed by atoms with Crippen LogP contribution in [0.1, 0.15) is 13.3 Å². The number of anilines is 1. The van der Waals surface area contributed by atoms with Gasteiger partial charge in [0.05, 0.1) is 17.6 Å². The Morgan fingerprint density at radius 2 is 2.26 bits per heavy atom. The number of hydrogen-bond donors (Lipinski definition) is 1. The highest BCUT2D eigenvalue weighted by atomic mass is 79.9. The minimum atomic E-state index is -3.53. The van der Waals surface area contributed by atoms with E-state index >= 15 is 0 Å². The molecule has 1 saturated heterocycles. The normalized spacial score (nSPS) is 21.5. The van der Waals surface area contributed by atoms with Crippen LogP contribution in [0.5, 0.6) is 0 Å². The second kappa shape index (κ2) is 5.78. The molecule has 1 unspecified atom stereocenters. The summed E-state index contributed by atoms with van der Waals surface area (Å²) in [7, 11) is -3.53. The molecule has 0 bridgehead atoms. The number of nitrogens with two attached hydrogens (primary N) is 1. The maximum atomic E-state index is 12.6. The summed E-state index contributed by atoms with van der Waals surface area (Å²) in [4.78, 5) is 0.212. The minimum absolute atomic E-state index is 0.0386. The molecule has 1 aromatic rings. The zero-order valence-electron chi connectivity index (χ0n) is 10.7. The molecule has 0 radical (unpaired) electrons. The zero-order chi connectivity index (χ0) is 14.0. The van der Waals surface area contributed by atoms with E-state index in [9.17, 15) is 8.42 Å². The maximum absolute atomic E-state index is 12.6. The first-order valence-electron chi connectivity index (χ1n) is 6.12. The molecule has 106 valence electrons. The molecule has 1 atom stereocenters. The van der Waals surface area contributed by atoms with Crippen molar-refractivity contribution in [2.24, 2.45) is 0 Å². The van der Waals surface area contributed by atoms with Crippen molar-refractivity contribution in [2.45, 2.75) is 24.3 Å².